The van der Waals surface area contributed by atoms with Crippen molar-refractivity contribution in [2.45, 2.75) is 40.2 Å². The quantitative estimate of drug-likeness (QED) is 0.648. The second-order valence-electron chi connectivity index (χ2n) is 5.18. The van der Waals surface area contributed by atoms with Crippen LogP contribution in [0.1, 0.15) is 31.9 Å². The minimum atomic E-state index is -0.657. The zero-order valence-electron chi connectivity index (χ0n) is 14.3. The number of aryl methyl sites for hydroxylation is 2. The maximum Gasteiger partial charge on any atom is 0.328 e. The molecule has 4 nitrogen and oxygen atoms in total. The standard InChI is InChI=1S/C17H24BrNO3S/c1-6-13-9-14(18)8-11(3)16(13)19(12(4)17(21)22-5)15(20)10-23-7-2/h8-9,12H,6-7,10H2,1-5H3. The van der Waals surface area contributed by atoms with E-state index in [1.54, 1.807) is 23.6 Å². The summed E-state index contributed by atoms with van der Waals surface area (Å²) in [5.41, 5.74) is 2.81. The molecule has 0 fully saturated rings. The summed E-state index contributed by atoms with van der Waals surface area (Å²) in [7, 11) is 1.34. The van der Waals surface area contributed by atoms with Crippen LogP contribution in [0.4, 0.5) is 5.69 Å². The van der Waals surface area contributed by atoms with Crippen LogP contribution < -0.4 is 4.90 Å². The number of methoxy groups -OCH3 is 1. The lowest BCUT2D eigenvalue weighted by atomic mass is 10.0. The number of carbonyl (C=O) groups excluding carboxylic acids is 2. The molecule has 1 unspecified atom stereocenters. The van der Waals surface area contributed by atoms with Crippen molar-refractivity contribution in [2.24, 2.45) is 0 Å². The third-order valence-corrected chi connectivity index (χ3v) is 4.91. The van der Waals surface area contributed by atoms with Gasteiger partial charge >= 0.3 is 5.97 Å². The molecule has 1 aromatic carbocycles. The molecule has 0 aromatic heterocycles. The van der Waals surface area contributed by atoms with Gasteiger partial charge in [0.15, 0.2) is 0 Å². The van der Waals surface area contributed by atoms with E-state index >= 15 is 0 Å². The average Bonchev–Trinajstić information content (AvgIpc) is 2.53. The van der Waals surface area contributed by atoms with E-state index in [2.05, 4.69) is 15.9 Å². The van der Waals surface area contributed by atoms with E-state index in [4.69, 9.17) is 4.74 Å². The lowest BCUT2D eigenvalue weighted by Crippen LogP contribution is -2.45. The fourth-order valence-corrected chi connectivity index (χ4v) is 3.63. The molecule has 0 aliphatic carbocycles. The number of hydrogen-bond acceptors (Lipinski definition) is 4. The van der Waals surface area contributed by atoms with E-state index in [0.717, 1.165) is 33.5 Å². The van der Waals surface area contributed by atoms with Crippen molar-refractivity contribution in [2.75, 3.05) is 23.5 Å². The second-order valence-corrected chi connectivity index (χ2v) is 7.37. The molecule has 1 rings (SSSR count). The van der Waals surface area contributed by atoms with E-state index in [1.165, 1.54) is 7.11 Å². The fraction of sp³-hybridized carbons (Fsp3) is 0.529. The molecule has 1 atom stereocenters. The van der Waals surface area contributed by atoms with E-state index in [9.17, 15) is 9.59 Å². The Hall–Kier alpha value is -1.01. The van der Waals surface area contributed by atoms with Crippen molar-refractivity contribution in [1.82, 2.24) is 0 Å². The monoisotopic (exact) mass is 401 g/mol. The molecule has 0 saturated carbocycles. The van der Waals surface area contributed by atoms with Crippen molar-refractivity contribution in [3.63, 3.8) is 0 Å². The molecule has 23 heavy (non-hydrogen) atoms. The molecule has 0 radical (unpaired) electrons. The highest BCUT2D eigenvalue weighted by Crippen LogP contribution is 2.32. The van der Waals surface area contributed by atoms with Crippen LogP contribution in [0.5, 0.6) is 0 Å². The number of esters is 1. The van der Waals surface area contributed by atoms with Crippen LogP contribution in [0.15, 0.2) is 16.6 Å². The lowest BCUT2D eigenvalue weighted by molar-refractivity contribution is -0.142. The smallest absolute Gasteiger partial charge is 0.328 e. The first kappa shape index (κ1) is 20.0. The number of carbonyl (C=O) groups is 2. The summed E-state index contributed by atoms with van der Waals surface area (Å²) < 4.78 is 5.83. The summed E-state index contributed by atoms with van der Waals surface area (Å²) in [5, 5.41) is 0. The number of halogens is 1. The van der Waals surface area contributed by atoms with Crippen LogP contribution in [0.25, 0.3) is 0 Å². The predicted octanol–water partition coefficient (Wildman–Crippen LogP) is 3.97. The third kappa shape index (κ3) is 4.98. The summed E-state index contributed by atoms with van der Waals surface area (Å²) in [5.74, 6) is 0.710. The maximum absolute atomic E-state index is 12.8. The zero-order valence-corrected chi connectivity index (χ0v) is 16.7. The third-order valence-electron chi connectivity index (χ3n) is 3.59. The molecule has 0 aliphatic heterocycles. The fourth-order valence-electron chi connectivity index (χ4n) is 2.49. The highest BCUT2D eigenvalue weighted by molar-refractivity contribution is 9.10. The Labute approximate surface area is 151 Å². The number of benzene rings is 1. The molecule has 0 spiro atoms. The molecule has 1 amide bonds. The molecule has 0 N–H and O–H groups in total. The molecule has 0 aliphatic rings. The van der Waals surface area contributed by atoms with Gasteiger partial charge in [0, 0.05) is 4.47 Å². The number of hydrogen-bond donors (Lipinski definition) is 0. The van der Waals surface area contributed by atoms with Crippen molar-refractivity contribution in [1.29, 1.82) is 0 Å². The van der Waals surface area contributed by atoms with Gasteiger partial charge in [0.1, 0.15) is 6.04 Å². The second kappa shape index (κ2) is 9.33. The number of anilines is 1. The maximum atomic E-state index is 12.8. The predicted molar refractivity (Wildman–Crippen MR) is 100 cm³/mol. The number of rotatable bonds is 7. The molecule has 0 saturated heterocycles. The first-order chi connectivity index (χ1) is 10.9. The van der Waals surface area contributed by atoms with Crippen LogP contribution in [0.3, 0.4) is 0 Å². The van der Waals surface area contributed by atoms with Crippen molar-refractivity contribution in [3.8, 4) is 0 Å². The van der Waals surface area contributed by atoms with Crippen LogP contribution in [0.2, 0.25) is 0 Å². The summed E-state index contributed by atoms with van der Waals surface area (Å²) in [6.45, 7) is 7.71. The highest BCUT2D eigenvalue weighted by atomic mass is 79.9. The first-order valence-corrected chi connectivity index (χ1v) is 9.58. The minimum Gasteiger partial charge on any atom is -0.467 e. The van der Waals surface area contributed by atoms with Gasteiger partial charge < -0.3 is 4.74 Å². The molecular weight excluding hydrogens is 378 g/mol. The lowest BCUT2D eigenvalue weighted by Gasteiger charge is -2.31. The number of thioether (sulfide) groups is 1. The van der Waals surface area contributed by atoms with Gasteiger partial charge in [-0.25, -0.2) is 4.79 Å². The van der Waals surface area contributed by atoms with Crippen molar-refractivity contribution >= 4 is 45.3 Å². The summed E-state index contributed by atoms with van der Waals surface area (Å²) in [4.78, 5) is 26.4. The molecule has 6 heteroatoms. The Morgan fingerprint density at radius 2 is 2.00 bits per heavy atom. The Bertz CT molecular complexity index is 577. The molecule has 0 bridgehead atoms. The van der Waals surface area contributed by atoms with Gasteiger partial charge in [0.05, 0.1) is 18.6 Å². The van der Waals surface area contributed by atoms with Gasteiger partial charge in [-0.15, -0.1) is 0 Å². The number of amides is 1. The minimum absolute atomic E-state index is 0.0742. The van der Waals surface area contributed by atoms with E-state index in [0.29, 0.717) is 5.75 Å². The van der Waals surface area contributed by atoms with Crippen molar-refractivity contribution in [3.05, 3.63) is 27.7 Å². The van der Waals surface area contributed by atoms with Gasteiger partial charge in [-0.05, 0) is 49.3 Å². The topological polar surface area (TPSA) is 46.6 Å². The largest absolute Gasteiger partial charge is 0.467 e. The number of nitrogens with zero attached hydrogens (tertiary/aromatic N) is 1. The molecular formula is C17H24BrNO3S. The van der Waals surface area contributed by atoms with Gasteiger partial charge in [-0.2, -0.15) is 11.8 Å². The normalized spacial score (nSPS) is 11.9. The Kier molecular flexibility index (Phi) is 8.12. The van der Waals surface area contributed by atoms with Crippen LogP contribution in [-0.2, 0) is 20.7 Å². The van der Waals surface area contributed by atoms with Crippen LogP contribution >= 0.6 is 27.7 Å². The summed E-state index contributed by atoms with van der Waals surface area (Å²) in [6.07, 6.45) is 0.772. The van der Waals surface area contributed by atoms with E-state index in [-0.39, 0.29) is 5.91 Å². The van der Waals surface area contributed by atoms with E-state index in [1.807, 2.05) is 32.9 Å². The average molecular weight is 402 g/mol. The molecule has 128 valence electrons. The van der Waals surface area contributed by atoms with Gasteiger partial charge in [-0.3, -0.25) is 9.69 Å². The SMILES string of the molecule is CCSCC(=O)N(c1c(C)cc(Br)cc1CC)C(C)C(=O)OC. The molecule has 0 heterocycles. The van der Waals surface area contributed by atoms with E-state index < -0.39 is 12.0 Å². The first-order valence-electron chi connectivity index (χ1n) is 7.63. The van der Waals surface area contributed by atoms with Gasteiger partial charge in [0.2, 0.25) is 5.91 Å². The number of ether oxygens (including phenoxy) is 1. The Morgan fingerprint density at radius 3 is 2.52 bits per heavy atom. The Balaban J connectivity index is 3.39. The van der Waals surface area contributed by atoms with Crippen LogP contribution in [0, 0.1) is 6.92 Å². The molecule has 1 aromatic rings. The zero-order chi connectivity index (χ0) is 17.6. The van der Waals surface area contributed by atoms with Crippen LogP contribution in [-0.4, -0.2) is 36.5 Å². The van der Waals surface area contributed by atoms with Gasteiger partial charge in [-0.1, -0.05) is 29.8 Å². The van der Waals surface area contributed by atoms with Crippen molar-refractivity contribution < 1.29 is 14.3 Å². The summed E-state index contributed by atoms with van der Waals surface area (Å²) >= 11 is 5.04. The summed E-state index contributed by atoms with van der Waals surface area (Å²) in [6, 6.07) is 3.31. The Morgan fingerprint density at radius 1 is 1.35 bits per heavy atom. The highest BCUT2D eigenvalue weighted by Gasteiger charge is 2.30. The van der Waals surface area contributed by atoms with Gasteiger partial charge in [0.25, 0.3) is 0 Å².